The van der Waals surface area contributed by atoms with Crippen molar-refractivity contribution >= 4 is 0 Å². The van der Waals surface area contributed by atoms with Gasteiger partial charge in [0.1, 0.15) is 5.75 Å². The van der Waals surface area contributed by atoms with Crippen LogP contribution >= 0.6 is 0 Å². The number of ether oxygens (including phenoxy) is 1. The van der Waals surface area contributed by atoms with Gasteiger partial charge in [-0.1, -0.05) is 36.4 Å². The molecule has 1 heterocycles. The Morgan fingerprint density at radius 1 is 0.900 bits per heavy atom. The van der Waals surface area contributed by atoms with Gasteiger partial charge in [-0.05, 0) is 28.8 Å². The van der Waals surface area contributed by atoms with Crippen LogP contribution in [-0.2, 0) is 0 Å². The topological polar surface area (TPSA) is 33.3 Å². The predicted molar refractivity (Wildman–Crippen MR) is 82.0 cm³/mol. The van der Waals surface area contributed by atoms with Crippen molar-refractivity contribution in [2.45, 2.75) is 6.04 Å². The van der Waals surface area contributed by atoms with Gasteiger partial charge in [0.2, 0.25) is 0 Å². The molecule has 3 nitrogen and oxygen atoms in total. The van der Waals surface area contributed by atoms with Gasteiger partial charge in [0.25, 0.3) is 0 Å². The standard InChI is InChI=1S/C17H20N2O/c1-20-16-8-6-14(7-9-16)13-2-4-15(5-3-13)17-12-18-10-11-19-17/h2-9,17-19H,10-12H2,1H3/t17-/m1/s1. The fraction of sp³-hybridized carbons (Fsp3) is 0.294. The molecular weight excluding hydrogens is 248 g/mol. The summed E-state index contributed by atoms with van der Waals surface area (Å²) in [6, 6.07) is 17.4. The van der Waals surface area contributed by atoms with E-state index in [0.717, 1.165) is 25.4 Å². The second kappa shape index (κ2) is 6.07. The van der Waals surface area contributed by atoms with Gasteiger partial charge in [0, 0.05) is 25.7 Å². The van der Waals surface area contributed by atoms with Crippen LogP contribution in [0.3, 0.4) is 0 Å². The van der Waals surface area contributed by atoms with Crippen LogP contribution in [0.2, 0.25) is 0 Å². The first-order valence-electron chi connectivity index (χ1n) is 7.05. The Morgan fingerprint density at radius 2 is 1.55 bits per heavy atom. The van der Waals surface area contributed by atoms with E-state index in [9.17, 15) is 0 Å². The fourth-order valence-corrected chi connectivity index (χ4v) is 2.58. The first-order valence-corrected chi connectivity index (χ1v) is 7.05. The molecule has 1 fully saturated rings. The van der Waals surface area contributed by atoms with Gasteiger partial charge in [-0.3, -0.25) is 0 Å². The van der Waals surface area contributed by atoms with Gasteiger partial charge in [0.15, 0.2) is 0 Å². The van der Waals surface area contributed by atoms with Crippen LogP contribution in [0.4, 0.5) is 0 Å². The highest BCUT2D eigenvalue weighted by molar-refractivity contribution is 5.64. The fourth-order valence-electron chi connectivity index (χ4n) is 2.58. The lowest BCUT2D eigenvalue weighted by molar-refractivity contribution is 0.415. The van der Waals surface area contributed by atoms with Gasteiger partial charge in [-0.25, -0.2) is 0 Å². The number of methoxy groups -OCH3 is 1. The molecule has 1 atom stereocenters. The summed E-state index contributed by atoms with van der Waals surface area (Å²) < 4.78 is 5.19. The zero-order valence-electron chi connectivity index (χ0n) is 11.7. The van der Waals surface area contributed by atoms with Gasteiger partial charge in [0.05, 0.1) is 7.11 Å². The van der Waals surface area contributed by atoms with E-state index in [4.69, 9.17) is 4.74 Å². The number of nitrogens with one attached hydrogen (secondary N) is 2. The largest absolute Gasteiger partial charge is 0.497 e. The average molecular weight is 268 g/mol. The van der Waals surface area contributed by atoms with E-state index in [2.05, 4.69) is 47.0 Å². The van der Waals surface area contributed by atoms with Crippen molar-refractivity contribution in [1.29, 1.82) is 0 Å². The second-order valence-electron chi connectivity index (χ2n) is 5.06. The third-order valence-electron chi connectivity index (χ3n) is 3.78. The molecule has 2 aromatic carbocycles. The zero-order valence-corrected chi connectivity index (χ0v) is 11.7. The molecule has 3 rings (SSSR count). The summed E-state index contributed by atoms with van der Waals surface area (Å²) in [6.45, 7) is 3.09. The van der Waals surface area contributed by atoms with E-state index < -0.39 is 0 Å². The number of piperazine rings is 1. The van der Waals surface area contributed by atoms with Crippen LogP contribution in [-0.4, -0.2) is 26.7 Å². The minimum Gasteiger partial charge on any atom is -0.497 e. The van der Waals surface area contributed by atoms with Gasteiger partial charge in [-0.2, -0.15) is 0 Å². The maximum atomic E-state index is 5.19. The summed E-state index contributed by atoms with van der Waals surface area (Å²) in [6.07, 6.45) is 0. The molecule has 2 N–H and O–H groups in total. The lowest BCUT2D eigenvalue weighted by Gasteiger charge is -2.25. The molecule has 0 aromatic heterocycles. The molecule has 1 aliphatic heterocycles. The smallest absolute Gasteiger partial charge is 0.118 e. The first-order chi connectivity index (χ1) is 9.86. The Morgan fingerprint density at radius 3 is 2.10 bits per heavy atom. The molecule has 0 radical (unpaired) electrons. The highest BCUT2D eigenvalue weighted by atomic mass is 16.5. The van der Waals surface area contributed by atoms with Crippen LogP contribution in [0.25, 0.3) is 11.1 Å². The van der Waals surface area contributed by atoms with E-state index in [0.29, 0.717) is 6.04 Å². The Hall–Kier alpha value is -1.84. The molecule has 2 aromatic rings. The van der Waals surface area contributed by atoms with Crippen molar-refractivity contribution in [3.63, 3.8) is 0 Å². The number of hydrogen-bond acceptors (Lipinski definition) is 3. The van der Waals surface area contributed by atoms with Crippen molar-refractivity contribution in [1.82, 2.24) is 10.6 Å². The van der Waals surface area contributed by atoms with Crippen LogP contribution in [0.15, 0.2) is 48.5 Å². The minimum absolute atomic E-state index is 0.425. The van der Waals surface area contributed by atoms with Crippen molar-refractivity contribution in [2.24, 2.45) is 0 Å². The summed E-state index contributed by atoms with van der Waals surface area (Å²) in [5.74, 6) is 0.892. The Balaban J connectivity index is 1.77. The number of rotatable bonds is 3. The Kier molecular flexibility index (Phi) is 4.00. The van der Waals surface area contributed by atoms with Gasteiger partial charge in [-0.15, -0.1) is 0 Å². The summed E-state index contributed by atoms with van der Waals surface area (Å²) in [5, 5.41) is 6.95. The summed E-state index contributed by atoms with van der Waals surface area (Å²) in [4.78, 5) is 0. The lowest BCUT2D eigenvalue weighted by atomic mass is 10.00. The van der Waals surface area contributed by atoms with Crippen LogP contribution in [0, 0.1) is 0 Å². The summed E-state index contributed by atoms with van der Waals surface area (Å²) >= 11 is 0. The van der Waals surface area contributed by atoms with Crippen molar-refractivity contribution in [3.05, 3.63) is 54.1 Å². The van der Waals surface area contributed by atoms with Crippen LogP contribution in [0.1, 0.15) is 11.6 Å². The SMILES string of the molecule is COc1ccc(-c2ccc([C@H]3CNCCN3)cc2)cc1. The van der Waals surface area contributed by atoms with Crippen molar-refractivity contribution in [2.75, 3.05) is 26.7 Å². The van der Waals surface area contributed by atoms with Crippen LogP contribution in [0.5, 0.6) is 5.75 Å². The Labute approximate surface area is 120 Å². The van der Waals surface area contributed by atoms with Gasteiger partial charge < -0.3 is 15.4 Å². The van der Waals surface area contributed by atoms with E-state index in [1.54, 1.807) is 7.11 Å². The Bertz CT molecular complexity index is 542. The minimum atomic E-state index is 0.425. The maximum absolute atomic E-state index is 5.19. The van der Waals surface area contributed by atoms with E-state index in [1.807, 2.05) is 12.1 Å². The van der Waals surface area contributed by atoms with E-state index >= 15 is 0 Å². The molecule has 0 spiro atoms. The zero-order chi connectivity index (χ0) is 13.8. The highest BCUT2D eigenvalue weighted by Gasteiger charge is 2.13. The van der Waals surface area contributed by atoms with Crippen molar-refractivity contribution < 1.29 is 4.74 Å². The molecule has 1 saturated heterocycles. The molecule has 3 heteroatoms. The molecule has 1 aliphatic rings. The third-order valence-corrected chi connectivity index (χ3v) is 3.78. The predicted octanol–water partition coefficient (Wildman–Crippen LogP) is 2.60. The highest BCUT2D eigenvalue weighted by Crippen LogP contribution is 2.24. The number of benzene rings is 2. The molecule has 0 saturated carbocycles. The molecular formula is C17H20N2O. The summed E-state index contributed by atoms with van der Waals surface area (Å²) in [5.41, 5.74) is 3.79. The van der Waals surface area contributed by atoms with Crippen LogP contribution < -0.4 is 15.4 Å². The molecule has 0 aliphatic carbocycles. The lowest BCUT2D eigenvalue weighted by Crippen LogP contribution is -2.42. The number of hydrogen-bond donors (Lipinski definition) is 2. The molecule has 0 unspecified atom stereocenters. The van der Waals surface area contributed by atoms with E-state index in [-0.39, 0.29) is 0 Å². The quantitative estimate of drug-likeness (QED) is 0.897. The van der Waals surface area contributed by atoms with Gasteiger partial charge >= 0.3 is 0 Å². The molecule has 20 heavy (non-hydrogen) atoms. The molecule has 0 bridgehead atoms. The maximum Gasteiger partial charge on any atom is 0.118 e. The van der Waals surface area contributed by atoms with Crippen molar-refractivity contribution in [3.8, 4) is 16.9 Å². The monoisotopic (exact) mass is 268 g/mol. The molecule has 104 valence electrons. The second-order valence-corrected chi connectivity index (χ2v) is 5.06. The summed E-state index contributed by atoms with van der Waals surface area (Å²) in [7, 11) is 1.69. The molecule has 0 amide bonds. The van der Waals surface area contributed by atoms with E-state index in [1.165, 1.54) is 16.7 Å². The normalized spacial score (nSPS) is 18.8. The third kappa shape index (κ3) is 2.84. The first kappa shape index (κ1) is 13.2. The average Bonchev–Trinajstić information content (AvgIpc) is 2.56.